The molecule has 0 heterocycles. The number of hydrogen-bond donors (Lipinski definition) is 2. The summed E-state index contributed by atoms with van der Waals surface area (Å²) in [5, 5.41) is 14.0. The number of rotatable bonds is 7. The standard InChI is InChI=1S/C16H24ClNO3/c1-16(2)14(8-15(16)20-3)18-9-12(19)10-21-13-6-4-5-11(17)7-13/h4-7,12,14-15,18-19H,8-10H2,1-3H3. The van der Waals surface area contributed by atoms with E-state index in [0.29, 0.717) is 23.4 Å². The van der Waals surface area contributed by atoms with E-state index in [-0.39, 0.29) is 18.1 Å². The van der Waals surface area contributed by atoms with Crippen LogP contribution in [0.25, 0.3) is 0 Å². The summed E-state index contributed by atoms with van der Waals surface area (Å²) in [6, 6.07) is 7.54. The van der Waals surface area contributed by atoms with Crippen LogP contribution in [0.1, 0.15) is 20.3 Å². The number of hydrogen-bond acceptors (Lipinski definition) is 4. The van der Waals surface area contributed by atoms with Crippen LogP contribution in [-0.4, -0.2) is 43.6 Å². The minimum Gasteiger partial charge on any atom is -0.491 e. The predicted molar refractivity (Wildman–Crippen MR) is 83.9 cm³/mol. The molecule has 0 bridgehead atoms. The van der Waals surface area contributed by atoms with Crippen molar-refractivity contribution in [2.45, 2.75) is 38.5 Å². The van der Waals surface area contributed by atoms with Gasteiger partial charge in [-0.3, -0.25) is 0 Å². The van der Waals surface area contributed by atoms with Crippen molar-refractivity contribution in [3.63, 3.8) is 0 Å². The number of benzene rings is 1. The van der Waals surface area contributed by atoms with E-state index < -0.39 is 6.10 Å². The first-order chi connectivity index (χ1) is 9.93. The molecule has 5 heteroatoms. The highest BCUT2D eigenvalue weighted by Crippen LogP contribution is 2.42. The Morgan fingerprint density at radius 3 is 2.86 bits per heavy atom. The molecule has 3 unspecified atom stereocenters. The van der Waals surface area contributed by atoms with Gasteiger partial charge >= 0.3 is 0 Å². The van der Waals surface area contributed by atoms with Crippen LogP contribution in [0.15, 0.2) is 24.3 Å². The Labute approximate surface area is 131 Å². The van der Waals surface area contributed by atoms with Gasteiger partial charge in [-0.05, 0) is 24.6 Å². The van der Waals surface area contributed by atoms with Gasteiger partial charge in [0.25, 0.3) is 0 Å². The molecule has 0 radical (unpaired) electrons. The zero-order chi connectivity index (χ0) is 15.5. The van der Waals surface area contributed by atoms with Gasteiger partial charge in [0.05, 0.1) is 6.10 Å². The van der Waals surface area contributed by atoms with Crippen molar-refractivity contribution in [3.8, 4) is 5.75 Å². The van der Waals surface area contributed by atoms with Crippen molar-refractivity contribution in [2.24, 2.45) is 5.41 Å². The number of halogens is 1. The predicted octanol–water partition coefficient (Wildman–Crippen LogP) is 2.48. The van der Waals surface area contributed by atoms with E-state index in [1.165, 1.54) is 0 Å². The Kier molecular flexibility index (Phi) is 5.49. The van der Waals surface area contributed by atoms with Crippen LogP contribution in [0.5, 0.6) is 5.75 Å². The highest BCUT2D eigenvalue weighted by atomic mass is 35.5. The van der Waals surface area contributed by atoms with Gasteiger partial charge in [-0.25, -0.2) is 0 Å². The summed E-state index contributed by atoms with van der Waals surface area (Å²) in [7, 11) is 1.75. The molecule has 118 valence electrons. The second-order valence-electron chi connectivity index (χ2n) is 6.16. The Hall–Kier alpha value is -0.810. The number of aliphatic hydroxyl groups is 1. The minimum absolute atomic E-state index is 0.0995. The molecule has 1 aromatic carbocycles. The average Bonchev–Trinajstić information content (AvgIpc) is 2.44. The van der Waals surface area contributed by atoms with E-state index >= 15 is 0 Å². The molecule has 1 aliphatic rings. The van der Waals surface area contributed by atoms with Crippen LogP contribution in [0, 0.1) is 5.41 Å². The molecular weight excluding hydrogens is 290 g/mol. The van der Waals surface area contributed by atoms with E-state index in [1.54, 1.807) is 19.2 Å². The number of methoxy groups -OCH3 is 1. The smallest absolute Gasteiger partial charge is 0.120 e. The molecular formula is C16H24ClNO3. The normalized spacial score (nSPS) is 25.2. The maximum atomic E-state index is 9.99. The third-order valence-electron chi connectivity index (χ3n) is 4.30. The van der Waals surface area contributed by atoms with Gasteiger partial charge in [0, 0.05) is 30.1 Å². The van der Waals surface area contributed by atoms with E-state index in [1.807, 2.05) is 12.1 Å². The lowest BCUT2D eigenvalue weighted by Gasteiger charge is -2.51. The minimum atomic E-state index is -0.554. The van der Waals surface area contributed by atoms with E-state index in [9.17, 15) is 5.11 Å². The molecule has 2 rings (SSSR count). The molecule has 2 N–H and O–H groups in total. The fourth-order valence-corrected chi connectivity index (χ4v) is 2.90. The summed E-state index contributed by atoms with van der Waals surface area (Å²) in [4.78, 5) is 0. The van der Waals surface area contributed by atoms with E-state index in [0.717, 1.165) is 6.42 Å². The Morgan fingerprint density at radius 2 is 2.24 bits per heavy atom. The molecule has 21 heavy (non-hydrogen) atoms. The topological polar surface area (TPSA) is 50.7 Å². The second-order valence-corrected chi connectivity index (χ2v) is 6.60. The SMILES string of the molecule is COC1CC(NCC(O)COc2cccc(Cl)c2)C1(C)C. The number of nitrogens with one attached hydrogen (secondary N) is 1. The molecule has 0 aliphatic heterocycles. The third-order valence-corrected chi connectivity index (χ3v) is 4.54. The number of aliphatic hydroxyl groups excluding tert-OH is 1. The fraction of sp³-hybridized carbons (Fsp3) is 0.625. The van der Waals surface area contributed by atoms with Crippen molar-refractivity contribution in [3.05, 3.63) is 29.3 Å². The maximum Gasteiger partial charge on any atom is 0.120 e. The Balaban J connectivity index is 1.70. The van der Waals surface area contributed by atoms with Crippen molar-refractivity contribution < 1.29 is 14.6 Å². The first-order valence-corrected chi connectivity index (χ1v) is 7.64. The van der Waals surface area contributed by atoms with Crippen LogP contribution in [-0.2, 0) is 4.74 Å². The highest BCUT2D eigenvalue weighted by molar-refractivity contribution is 6.30. The van der Waals surface area contributed by atoms with Crippen LogP contribution in [0.2, 0.25) is 5.02 Å². The lowest BCUT2D eigenvalue weighted by molar-refractivity contribution is -0.0996. The average molecular weight is 314 g/mol. The van der Waals surface area contributed by atoms with Gasteiger partial charge in [0.2, 0.25) is 0 Å². The highest BCUT2D eigenvalue weighted by Gasteiger charge is 2.48. The Morgan fingerprint density at radius 1 is 1.48 bits per heavy atom. The summed E-state index contributed by atoms with van der Waals surface area (Å²) in [6.07, 6.45) is 0.710. The quantitative estimate of drug-likeness (QED) is 0.812. The molecule has 0 amide bonds. The summed E-state index contributed by atoms with van der Waals surface area (Å²) >= 11 is 5.88. The summed E-state index contributed by atoms with van der Waals surface area (Å²) in [6.45, 7) is 5.10. The number of ether oxygens (including phenoxy) is 2. The van der Waals surface area contributed by atoms with E-state index in [2.05, 4.69) is 19.2 Å². The largest absolute Gasteiger partial charge is 0.491 e. The van der Waals surface area contributed by atoms with Crippen molar-refractivity contribution >= 4 is 11.6 Å². The van der Waals surface area contributed by atoms with Gasteiger partial charge in [-0.1, -0.05) is 31.5 Å². The molecule has 0 aromatic heterocycles. The molecule has 4 nitrogen and oxygen atoms in total. The van der Waals surface area contributed by atoms with Gasteiger partial charge < -0.3 is 19.9 Å². The first kappa shape index (κ1) is 16.6. The van der Waals surface area contributed by atoms with Crippen molar-refractivity contribution in [1.82, 2.24) is 5.32 Å². The first-order valence-electron chi connectivity index (χ1n) is 7.26. The van der Waals surface area contributed by atoms with Crippen LogP contribution < -0.4 is 10.1 Å². The zero-order valence-corrected chi connectivity index (χ0v) is 13.6. The molecule has 1 fully saturated rings. The molecule has 0 spiro atoms. The van der Waals surface area contributed by atoms with Crippen LogP contribution >= 0.6 is 11.6 Å². The summed E-state index contributed by atoms with van der Waals surface area (Å²) in [5.74, 6) is 0.671. The lowest BCUT2D eigenvalue weighted by Crippen LogP contribution is -2.61. The second kappa shape index (κ2) is 6.97. The molecule has 1 aromatic rings. The van der Waals surface area contributed by atoms with Crippen LogP contribution in [0.3, 0.4) is 0 Å². The molecule has 0 saturated heterocycles. The van der Waals surface area contributed by atoms with Gasteiger partial charge in [0.1, 0.15) is 18.5 Å². The molecule has 3 atom stereocenters. The zero-order valence-electron chi connectivity index (χ0n) is 12.8. The van der Waals surface area contributed by atoms with Gasteiger partial charge in [-0.15, -0.1) is 0 Å². The van der Waals surface area contributed by atoms with Crippen LogP contribution in [0.4, 0.5) is 0 Å². The van der Waals surface area contributed by atoms with Gasteiger partial charge in [-0.2, -0.15) is 0 Å². The van der Waals surface area contributed by atoms with Crippen molar-refractivity contribution in [2.75, 3.05) is 20.3 Å². The summed E-state index contributed by atoms with van der Waals surface area (Å²) < 4.78 is 10.9. The maximum absolute atomic E-state index is 9.99. The lowest BCUT2D eigenvalue weighted by atomic mass is 9.64. The molecule has 1 saturated carbocycles. The Bertz CT molecular complexity index is 467. The summed E-state index contributed by atoms with van der Waals surface area (Å²) in [5.41, 5.74) is 0.0995. The van der Waals surface area contributed by atoms with Crippen molar-refractivity contribution in [1.29, 1.82) is 0 Å². The van der Waals surface area contributed by atoms with E-state index in [4.69, 9.17) is 21.1 Å². The monoisotopic (exact) mass is 313 g/mol. The van der Waals surface area contributed by atoms with Gasteiger partial charge in [0.15, 0.2) is 0 Å². The fourth-order valence-electron chi connectivity index (χ4n) is 2.72. The third kappa shape index (κ3) is 4.10. The molecule has 1 aliphatic carbocycles.